The van der Waals surface area contributed by atoms with Gasteiger partial charge in [0.1, 0.15) is 23.2 Å². The van der Waals surface area contributed by atoms with Crippen molar-refractivity contribution < 1.29 is 14.3 Å². The summed E-state index contributed by atoms with van der Waals surface area (Å²) < 4.78 is 11.5. The summed E-state index contributed by atoms with van der Waals surface area (Å²) in [7, 11) is 0. The molecule has 0 saturated heterocycles. The van der Waals surface area contributed by atoms with Gasteiger partial charge in [0.2, 0.25) is 0 Å². The topological polar surface area (TPSA) is 80.4 Å². The van der Waals surface area contributed by atoms with Crippen LogP contribution in [0, 0.1) is 0 Å². The highest BCUT2D eigenvalue weighted by atomic mass is 16.5. The highest BCUT2D eigenvalue weighted by Crippen LogP contribution is 2.35. The average Bonchev–Trinajstić information content (AvgIpc) is 2.92. The van der Waals surface area contributed by atoms with Crippen LogP contribution in [0.5, 0.6) is 11.5 Å². The fourth-order valence-electron chi connectivity index (χ4n) is 2.78. The van der Waals surface area contributed by atoms with Crippen LogP contribution < -0.4 is 20.3 Å². The van der Waals surface area contributed by atoms with Gasteiger partial charge < -0.3 is 19.8 Å². The van der Waals surface area contributed by atoms with Crippen LogP contribution in [0.25, 0.3) is 0 Å². The third kappa shape index (κ3) is 3.27. The summed E-state index contributed by atoms with van der Waals surface area (Å²) in [5.41, 5.74) is 1.61. The van der Waals surface area contributed by atoms with Gasteiger partial charge in [-0.15, -0.1) is 0 Å². The first kappa shape index (κ1) is 16.1. The van der Waals surface area contributed by atoms with Crippen molar-refractivity contribution in [3.8, 4) is 11.5 Å². The summed E-state index contributed by atoms with van der Waals surface area (Å²) in [6.07, 6.45) is 2.48. The van der Waals surface area contributed by atoms with E-state index in [4.69, 9.17) is 9.47 Å². The molecule has 1 aromatic heterocycles. The quantitative estimate of drug-likeness (QED) is 0.880. The van der Waals surface area contributed by atoms with Crippen molar-refractivity contribution in [2.45, 2.75) is 32.9 Å². The number of nitrogens with one attached hydrogen (secondary N) is 2. The van der Waals surface area contributed by atoms with E-state index >= 15 is 0 Å². The smallest absolute Gasteiger partial charge is 0.260 e. The average molecular weight is 328 g/mol. The zero-order valence-corrected chi connectivity index (χ0v) is 13.7. The van der Waals surface area contributed by atoms with Crippen LogP contribution in [-0.4, -0.2) is 23.6 Å². The number of carbonyl (C=O) groups excluding carboxylic acids is 1. The summed E-state index contributed by atoms with van der Waals surface area (Å²) in [5.74, 6) is 1.14. The minimum Gasteiger partial charge on any atom is -0.494 e. The molecule has 1 amide bonds. The van der Waals surface area contributed by atoms with E-state index in [1.807, 2.05) is 26.0 Å². The van der Waals surface area contributed by atoms with E-state index in [1.165, 1.54) is 12.3 Å². The third-order valence-electron chi connectivity index (χ3n) is 3.88. The Morgan fingerprint density at radius 1 is 1.46 bits per heavy atom. The molecule has 0 spiro atoms. The molecule has 2 heterocycles. The van der Waals surface area contributed by atoms with Crippen molar-refractivity contribution in [1.29, 1.82) is 0 Å². The van der Waals surface area contributed by atoms with Gasteiger partial charge in [-0.05, 0) is 38.1 Å². The first-order valence-corrected chi connectivity index (χ1v) is 7.99. The second-order valence-electron chi connectivity index (χ2n) is 5.73. The number of hydrogen-bond donors (Lipinski definition) is 2. The predicted molar refractivity (Wildman–Crippen MR) is 89.6 cm³/mol. The Bertz CT molecular complexity index is 813. The van der Waals surface area contributed by atoms with E-state index in [9.17, 15) is 9.59 Å². The highest BCUT2D eigenvalue weighted by molar-refractivity contribution is 5.93. The molecule has 0 aliphatic carbocycles. The van der Waals surface area contributed by atoms with Crippen molar-refractivity contribution >= 4 is 5.91 Å². The Hall–Kier alpha value is -2.76. The molecule has 6 nitrogen and oxygen atoms in total. The molecule has 2 aromatic rings. The lowest BCUT2D eigenvalue weighted by molar-refractivity contribution is 0.0949. The largest absolute Gasteiger partial charge is 0.494 e. The van der Waals surface area contributed by atoms with Gasteiger partial charge in [-0.1, -0.05) is 0 Å². The summed E-state index contributed by atoms with van der Waals surface area (Å²) in [6.45, 7) is 4.73. The summed E-state index contributed by atoms with van der Waals surface area (Å²) in [5, 5.41) is 2.76. The number of carbonyl (C=O) groups is 1. The molecule has 1 unspecified atom stereocenters. The number of fused-ring (bicyclic) bond motifs is 1. The van der Waals surface area contributed by atoms with Crippen LogP contribution in [0.4, 0.5) is 0 Å². The highest BCUT2D eigenvalue weighted by Gasteiger charge is 2.22. The third-order valence-corrected chi connectivity index (χ3v) is 3.88. The normalized spacial score (nSPS) is 15.5. The lowest BCUT2D eigenvalue weighted by Gasteiger charge is -2.13. The molecule has 1 aromatic carbocycles. The lowest BCUT2D eigenvalue weighted by Crippen LogP contribution is -2.29. The molecule has 0 fully saturated rings. The van der Waals surface area contributed by atoms with Gasteiger partial charge in [-0.25, -0.2) is 0 Å². The van der Waals surface area contributed by atoms with Crippen molar-refractivity contribution in [3.05, 3.63) is 57.5 Å². The van der Waals surface area contributed by atoms with Crippen molar-refractivity contribution in [3.63, 3.8) is 0 Å². The van der Waals surface area contributed by atoms with E-state index in [-0.39, 0.29) is 18.2 Å². The Labute approximate surface area is 139 Å². The van der Waals surface area contributed by atoms with Gasteiger partial charge in [0.05, 0.1) is 6.61 Å². The van der Waals surface area contributed by atoms with Gasteiger partial charge in [0, 0.05) is 30.3 Å². The fourth-order valence-corrected chi connectivity index (χ4v) is 2.78. The molecule has 3 rings (SSSR count). The number of benzene rings is 1. The molecule has 0 bridgehead atoms. The number of pyridine rings is 1. The van der Waals surface area contributed by atoms with Crippen LogP contribution >= 0.6 is 0 Å². The van der Waals surface area contributed by atoms with Crippen LogP contribution in [0.3, 0.4) is 0 Å². The second kappa shape index (κ2) is 6.78. The van der Waals surface area contributed by atoms with Crippen molar-refractivity contribution in [1.82, 2.24) is 10.3 Å². The second-order valence-corrected chi connectivity index (χ2v) is 5.73. The molecule has 6 heteroatoms. The molecular weight excluding hydrogens is 308 g/mol. The molecule has 1 atom stereocenters. The van der Waals surface area contributed by atoms with Crippen LogP contribution in [0.1, 0.15) is 35.3 Å². The van der Waals surface area contributed by atoms with Crippen LogP contribution in [0.15, 0.2) is 35.3 Å². The maximum atomic E-state index is 12.2. The summed E-state index contributed by atoms with van der Waals surface area (Å²) >= 11 is 0. The lowest BCUT2D eigenvalue weighted by atomic mass is 10.1. The Morgan fingerprint density at radius 3 is 3.04 bits per heavy atom. The molecular formula is C18H20N2O4. The van der Waals surface area contributed by atoms with Crippen LogP contribution in [0.2, 0.25) is 0 Å². The predicted octanol–water partition coefficient (Wildman–Crippen LogP) is 2.03. The summed E-state index contributed by atoms with van der Waals surface area (Å²) in [6, 6.07) is 6.98. The Morgan fingerprint density at radius 2 is 2.29 bits per heavy atom. The molecule has 1 aliphatic rings. The number of rotatable bonds is 5. The summed E-state index contributed by atoms with van der Waals surface area (Å²) in [4.78, 5) is 26.3. The fraction of sp³-hybridized carbons (Fsp3) is 0.333. The number of aromatic amines is 1. The standard InChI is InChI=1S/C18H20N2O4/c1-3-23-15-8-12-7-11(2)24-16(12)9-13(15)10-20-18(22)14-5-4-6-19-17(14)21/h4-6,8-9,11H,3,7,10H2,1-2H3,(H,19,21)(H,20,22). The molecule has 1 aliphatic heterocycles. The number of amides is 1. The maximum Gasteiger partial charge on any atom is 0.260 e. The Balaban J connectivity index is 1.79. The van der Waals surface area contributed by atoms with Gasteiger partial charge in [0.25, 0.3) is 11.5 Å². The van der Waals surface area contributed by atoms with Crippen molar-refractivity contribution in [2.75, 3.05) is 6.61 Å². The first-order chi connectivity index (χ1) is 11.6. The van der Waals surface area contributed by atoms with E-state index in [0.29, 0.717) is 6.61 Å². The van der Waals surface area contributed by atoms with E-state index in [0.717, 1.165) is 29.0 Å². The SMILES string of the molecule is CCOc1cc2c(cc1CNC(=O)c1ccc[nH]c1=O)OC(C)C2. The minimum atomic E-state index is -0.422. The zero-order valence-electron chi connectivity index (χ0n) is 13.7. The van der Waals surface area contributed by atoms with Crippen molar-refractivity contribution in [2.24, 2.45) is 0 Å². The van der Waals surface area contributed by atoms with Gasteiger partial charge in [0.15, 0.2) is 0 Å². The van der Waals surface area contributed by atoms with Gasteiger partial charge in [-0.2, -0.15) is 0 Å². The Kier molecular flexibility index (Phi) is 4.55. The molecule has 24 heavy (non-hydrogen) atoms. The number of hydrogen-bond acceptors (Lipinski definition) is 4. The molecule has 0 radical (unpaired) electrons. The van der Waals surface area contributed by atoms with Crippen LogP contribution in [-0.2, 0) is 13.0 Å². The van der Waals surface area contributed by atoms with Gasteiger partial charge >= 0.3 is 0 Å². The molecule has 2 N–H and O–H groups in total. The molecule has 126 valence electrons. The minimum absolute atomic E-state index is 0.0847. The number of aromatic nitrogens is 1. The number of H-pyrrole nitrogens is 1. The van der Waals surface area contributed by atoms with E-state index in [1.54, 1.807) is 6.07 Å². The van der Waals surface area contributed by atoms with E-state index < -0.39 is 11.5 Å². The monoisotopic (exact) mass is 328 g/mol. The first-order valence-electron chi connectivity index (χ1n) is 7.99. The molecule has 0 saturated carbocycles. The van der Waals surface area contributed by atoms with Gasteiger partial charge in [-0.3, -0.25) is 9.59 Å². The number of ether oxygens (including phenoxy) is 2. The van der Waals surface area contributed by atoms with E-state index in [2.05, 4.69) is 10.3 Å². The maximum absolute atomic E-state index is 12.2. The zero-order chi connectivity index (χ0) is 17.1.